The molecule has 4 heteroatoms. The van der Waals surface area contributed by atoms with Crippen molar-refractivity contribution in [2.24, 2.45) is 0 Å². The molecule has 13 heavy (non-hydrogen) atoms. The highest BCUT2D eigenvalue weighted by Crippen LogP contribution is 2.19. The Bertz CT molecular complexity index is 260. The zero-order valence-corrected chi connectivity index (χ0v) is 9.82. The van der Waals surface area contributed by atoms with Crippen LogP contribution in [0.2, 0.25) is 4.47 Å². The molecule has 0 unspecified atom stereocenters. The zero-order valence-electron chi connectivity index (χ0n) is 8.25. The van der Waals surface area contributed by atoms with E-state index in [2.05, 4.69) is 30.7 Å². The monoisotopic (exact) mass is 218 g/mol. The molecule has 0 saturated carbocycles. The summed E-state index contributed by atoms with van der Waals surface area (Å²) in [5.74, 6) is 0. The van der Waals surface area contributed by atoms with E-state index in [1.54, 1.807) is 11.3 Å². The fourth-order valence-corrected chi connectivity index (χ4v) is 2.22. The molecule has 0 radical (unpaired) electrons. The van der Waals surface area contributed by atoms with E-state index in [4.69, 9.17) is 11.6 Å². The second-order valence-electron chi connectivity index (χ2n) is 3.24. The number of halogens is 1. The summed E-state index contributed by atoms with van der Waals surface area (Å²) in [6, 6.07) is 0.575. The lowest BCUT2D eigenvalue weighted by Gasteiger charge is -2.23. The lowest BCUT2D eigenvalue weighted by molar-refractivity contribution is 0.227. The van der Waals surface area contributed by atoms with E-state index in [9.17, 15) is 0 Å². The molecule has 1 aromatic rings. The van der Waals surface area contributed by atoms with Crippen LogP contribution in [-0.2, 0) is 6.54 Å². The van der Waals surface area contributed by atoms with Crippen LogP contribution in [0.3, 0.4) is 0 Å². The van der Waals surface area contributed by atoms with Gasteiger partial charge in [0.15, 0.2) is 4.47 Å². The van der Waals surface area contributed by atoms with Crippen LogP contribution in [-0.4, -0.2) is 22.5 Å². The second kappa shape index (κ2) is 4.94. The summed E-state index contributed by atoms with van der Waals surface area (Å²) in [6.07, 6.45) is 1.86. The Morgan fingerprint density at radius 1 is 1.62 bits per heavy atom. The van der Waals surface area contributed by atoms with Crippen LogP contribution in [0.4, 0.5) is 0 Å². The van der Waals surface area contributed by atoms with Gasteiger partial charge in [0, 0.05) is 23.7 Å². The van der Waals surface area contributed by atoms with Crippen molar-refractivity contribution in [1.82, 2.24) is 9.88 Å². The summed E-state index contributed by atoms with van der Waals surface area (Å²) in [5, 5.41) is 0. The lowest BCUT2D eigenvalue weighted by Crippen LogP contribution is -2.29. The first kappa shape index (κ1) is 11.0. The molecule has 0 fully saturated rings. The third kappa shape index (κ3) is 3.25. The van der Waals surface area contributed by atoms with Crippen LogP contribution >= 0.6 is 22.9 Å². The van der Waals surface area contributed by atoms with E-state index in [1.165, 1.54) is 4.88 Å². The Labute approximate surface area is 88.5 Å². The minimum atomic E-state index is 0.575. The number of nitrogens with zero attached hydrogens (tertiary/aromatic N) is 2. The molecule has 0 amide bonds. The van der Waals surface area contributed by atoms with Crippen molar-refractivity contribution in [3.63, 3.8) is 0 Å². The topological polar surface area (TPSA) is 16.1 Å². The molecule has 0 spiro atoms. The van der Waals surface area contributed by atoms with Gasteiger partial charge in [-0.15, -0.1) is 11.3 Å². The molecule has 2 nitrogen and oxygen atoms in total. The molecular formula is C9H15ClN2S. The highest BCUT2D eigenvalue weighted by molar-refractivity contribution is 7.15. The van der Waals surface area contributed by atoms with Gasteiger partial charge in [0.2, 0.25) is 0 Å². The minimum absolute atomic E-state index is 0.575. The Balaban J connectivity index is 2.56. The van der Waals surface area contributed by atoms with E-state index in [1.807, 2.05) is 6.20 Å². The van der Waals surface area contributed by atoms with Crippen LogP contribution in [0.25, 0.3) is 0 Å². The first-order chi connectivity index (χ1) is 6.13. The third-order valence-corrected chi connectivity index (χ3v) is 3.12. The van der Waals surface area contributed by atoms with Gasteiger partial charge >= 0.3 is 0 Å². The van der Waals surface area contributed by atoms with Gasteiger partial charge < -0.3 is 0 Å². The summed E-state index contributed by atoms with van der Waals surface area (Å²) in [6.45, 7) is 8.59. The van der Waals surface area contributed by atoms with Gasteiger partial charge in [-0.3, -0.25) is 4.90 Å². The van der Waals surface area contributed by atoms with Gasteiger partial charge in [0.25, 0.3) is 0 Å². The van der Waals surface area contributed by atoms with E-state index in [0.29, 0.717) is 10.5 Å². The number of thiazole rings is 1. The number of aromatic nitrogens is 1. The summed E-state index contributed by atoms with van der Waals surface area (Å²) in [5.41, 5.74) is 0. The quantitative estimate of drug-likeness (QED) is 0.773. The van der Waals surface area contributed by atoms with E-state index >= 15 is 0 Å². The molecule has 0 saturated heterocycles. The second-order valence-corrected chi connectivity index (χ2v) is 4.93. The molecule has 0 N–H and O–H groups in total. The summed E-state index contributed by atoms with van der Waals surface area (Å²) in [4.78, 5) is 7.64. The Kier molecular flexibility index (Phi) is 4.16. The largest absolute Gasteiger partial charge is 0.296 e. The molecule has 1 aromatic heterocycles. The van der Waals surface area contributed by atoms with Crippen LogP contribution in [0.5, 0.6) is 0 Å². The maximum Gasteiger partial charge on any atom is 0.183 e. The van der Waals surface area contributed by atoms with Gasteiger partial charge in [0.1, 0.15) is 0 Å². The normalized spacial score (nSPS) is 11.5. The SMILES string of the molecule is CCN(Cc1cnc(Cl)s1)C(C)C. The Morgan fingerprint density at radius 3 is 2.69 bits per heavy atom. The molecule has 0 aliphatic heterocycles. The number of rotatable bonds is 4. The predicted octanol–water partition coefficient (Wildman–Crippen LogP) is 3.03. The predicted molar refractivity (Wildman–Crippen MR) is 58.3 cm³/mol. The van der Waals surface area contributed by atoms with Crippen molar-refractivity contribution in [1.29, 1.82) is 0 Å². The van der Waals surface area contributed by atoms with Gasteiger partial charge in [-0.1, -0.05) is 18.5 Å². The van der Waals surface area contributed by atoms with Gasteiger partial charge in [-0.2, -0.15) is 0 Å². The molecule has 74 valence electrons. The van der Waals surface area contributed by atoms with Crippen LogP contribution in [0.1, 0.15) is 25.6 Å². The van der Waals surface area contributed by atoms with Crippen molar-refractivity contribution < 1.29 is 0 Å². The fourth-order valence-electron chi connectivity index (χ4n) is 1.22. The van der Waals surface area contributed by atoms with Crippen molar-refractivity contribution in [3.8, 4) is 0 Å². The van der Waals surface area contributed by atoms with E-state index in [-0.39, 0.29) is 0 Å². The van der Waals surface area contributed by atoms with Crippen molar-refractivity contribution >= 4 is 22.9 Å². The summed E-state index contributed by atoms with van der Waals surface area (Å²) < 4.78 is 0.634. The molecule has 0 atom stereocenters. The standard InChI is InChI=1S/C9H15ClN2S/c1-4-12(7(2)3)6-8-5-11-9(10)13-8/h5,7H,4,6H2,1-3H3. The molecule has 0 bridgehead atoms. The Hall–Kier alpha value is -0.120. The minimum Gasteiger partial charge on any atom is -0.296 e. The van der Waals surface area contributed by atoms with Gasteiger partial charge in [-0.25, -0.2) is 4.98 Å². The van der Waals surface area contributed by atoms with Gasteiger partial charge in [0.05, 0.1) is 0 Å². The third-order valence-electron chi connectivity index (χ3n) is 2.02. The fraction of sp³-hybridized carbons (Fsp3) is 0.667. The number of hydrogen-bond acceptors (Lipinski definition) is 3. The van der Waals surface area contributed by atoms with Gasteiger partial charge in [-0.05, 0) is 20.4 Å². The molecular weight excluding hydrogens is 204 g/mol. The summed E-state index contributed by atoms with van der Waals surface area (Å²) >= 11 is 7.32. The smallest absolute Gasteiger partial charge is 0.183 e. The van der Waals surface area contributed by atoms with E-state index in [0.717, 1.165) is 13.1 Å². The highest BCUT2D eigenvalue weighted by atomic mass is 35.5. The van der Waals surface area contributed by atoms with Crippen LogP contribution < -0.4 is 0 Å². The lowest BCUT2D eigenvalue weighted by atomic mass is 10.3. The molecule has 0 aliphatic rings. The first-order valence-electron chi connectivity index (χ1n) is 4.47. The van der Waals surface area contributed by atoms with Crippen molar-refractivity contribution in [2.75, 3.05) is 6.54 Å². The average molecular weight is 219 g/mol. The highest BCUT2D eigenvalue weighted by Gasteiger charge is 2.09. The maximum atomic E-state index is 5.76. The van der Waals surface area contributed by atoms with Crippen molar-refractivity contribution in [2.45, 2.75) is 33.4 Å². The molecule has 0 aliphatic carbocycles. The molecule has 0 aromatic carbocycles. The van der Waals surface area contributed by atoms with E-state index < -0.39 is 0 Å². The zero-order chi connectivity index (χ0) is 9.84. The maximum absolute atomic E-state index is 5.76. The Morgan fingerprint density at radius 2 is 2.31 bits per heavy atom. The molecule has 1 heterocycles. The number of hydrogen-bond donors (Lipinski definition) is 0. The first-order valence-corrected chi connectivity index (χ1v) is 5.67. The van der Waals surface area contributed by atoms with Crippen LogP contribution in [0.15, 0.2) is 6.20 Å². The van der Waals surface area contributed by atoms with Crippen molar-refractivity contribution in [3.05, 3.63) is 15.5 Å². The average Bonchev–Trinajstić information content (AvgIpc) is 2.46. The molecule has 1 rings (SSSR count). The summed E-state index contributed by atoms with van der Waals surface area (Å²) in [7, 11) is 0. The van der Waals surface area contributed by atoms with Crippen LogP contribution in [0, 0.1) is 0 Å².